The molecule has 2 unspecified atom stereocenters. The average Bonchev–Trinajstić information content (AvgIpc) is 3.64. The summed E-state index contributed by atoms with van der Waals surface area (Å²) in [5.41, 5.74) is 0.583. The van der Waals surface area contributed by atoms with Gasteiger partial charge in [0.25, 0.3) is 5.69 Å². The van der Waals surface area contributed by atoms with E-state index in [0.717, 1.165) is 30.6 Å². The van der Waals surface area contributed by atoms with Gasteiger partial charge < -0.3 is 20.3 Å². The highest BCUT2D eigenvalue weighted by atomic mass is 16.6. The Kier molecular flexibility index (Phi) is 5.16. The van der Waals surface area contributed by atoms with E-state index in [9.17, 15) is 25.1 Å². The molecule has 0 aromatic heterocycles. The minimum atomic E-state index is -1.02. The predicted molar refractivity (Wildman–Crippen MR) is 139 cm³/mol. The molecule has 5 atom stereocenters. The van der Waals surface area contributed by atoms with E-state index in [1.807, 2.05) is 6.07 Å². The summed E-state index contributed by atoms with van der Waals surface area (Å²) in [5, 5.41) is 37.6. The highest BCUT2D eigenvalue weighted by Gasteiger charge is 2.73. The molecule has 5 aliphatic rings. The summed E-state index contributed by atoms with van der Waals surface area (Å²) in [4.78, 5) is 26.4. The lowest BCUT2D eigenvalue weighted by Crippen LogP contribution is -2.78. The number of rotatable bonds is 6. The number of benzene rings is 2. The van der Waals surface area contributed by atoms with Gasteiger partial charge in [-0.1, -0.05) is 18.2 Å². The number of hydrogen-bond donors (Lipinski definition) is 3. The van der Waals surface area contributed by atoms with E-state index in [1.165, 1.54) is 31.1 Å². The quantitative estimate of drug-likeness (QED) is 0.306. The largest absolute Gasteiger partial charge is 0.504 e. The van der Waals surface area contributed by atoms with Crippen molar-refractivity contribution >= 4 is 17.7 Å². The van der Waals surface area contributed by atoms with E-state index in [1.54, 1.807) is 24.3 Å². The van der Waals surface area contributed by atoms with Crippen LogP contribution in [-0.4, -0.2) is 62.8 Å². The summed E-state index contributed by atoms with van der Waals surface area (Å²) in [6, 6.07) is 9.51. The van der Waals surface area contributed by atoms with Crippen LogP contribution in [0.5, 0.6) is 11.5 Å². The third-order valence-electron chi connectivity index (χ3n) is 9.64. The van der Waals surface area contributed by atoms with E-state index < -0.39 is 22.0 Å². The van der Waals surface area contributed by atoms with Crippen molar-refractivity contribution in [1.82, 2.24) is 10.2 Å². The lowest BCUT2D eigenvalue weighted by atomic mass is 9.48. The Balaban J connectivity index is 1.21. The second-order valence-electron chi connectivity index (χ2n) is 11.6. The molecule has 198 valence electrons. The first-order chi connectivity index (χ1) is 18.3. The highest BCUT2D eigenvalue weighted by molar-refractivity contribution is 5.92. The van der Waals surface area contributed by atoms with Gasteiger partial charge in [0.1, 0.15) is 6.10 Å². The molecule has 0 radical (unpaired) electrons. The minimum Gasteiger partial charge on any atom is -0.504 e. The van der Waals surface area contributed by atoms with Crippen LogP contribution in [0, 0.1) is 16.0 Å². The first-order valence-electron chi connectivity index (χ1n) is 13.5. The Morgan fingerprint density at radius 3 is 2.82 bits per heavy atom. The summed E-state index contributed by atoms with van der Waals surface area (Å²) in [6.45, 7) is 1.85. The van der Waals surface area contributed by atoms with Crippen LogP contribution in [0.1, 0.15) is 48.8 Å². The van der Waals surface area contributed by atoms with E-state index >= 15 is 0 Å². The molecule has 1 spiro atoms. The van der Waals surface area contributed by atoms with Crippen LogP contribution in [0.15, 0.2) is 42.5 Å². The number of likely N-dealkylation sites (tertiary alicyclic amines) is 1. The number of aromatic hydroxyl groups is 1. The Bertz CT molecular complexity index is 1370. The van der Waals surface area contributed by atoms with Crippen LogP contribution < -0.4 is 10.1 Å². The Morgan fingerprint density at radius 1 is 1.21 bits per heavy atom. The van der Waals surface area contributed by atoms with Crippen molar-refractivity contribution in [3.05, 3.63) is 69.3 Å². The number of nitro benzene ring substituents is 1. The van der Waals surface area contributed by atoms with Gasteiger partial charge in [-0.2, -0.15) is 0 Å². The van der Waals surface area contributed by atoms with Crippen LogP contribution in [0.4, 0.5) is 5.69 Å². The van der Waals surface area contributed by atoms with Crippen LogP contribution in [0.25, 0.3) is 6.08 Å². The van der Waals surface area contributed by atoms with Gasteiger partial charge in [-0.05, 0) is 74.8 Å². The monoisotopic (exact) mass is 517 g/mol. The molecule has 38 heavy (non-hydrogen) atoms. The van der Waals surface area contributed by atoms with Gasteiger partial charge >= 0.3 is 0 Å². The molecule has 1 amide bonds. The highest BCUT2D eigenvalue weighted by Crippen LogP contribution is 2.65. The molecule has 9 nitrogen and oxygen atoms in total. The number of amides is 1. The zero-order valence-corrected chi connectivity index (χ0v) is 21.0. The van der Waals surface area contributed by atoms with Gasteiger partial charge in [-0.15, -0.1) is 0 Å². The number of aliphatic hydroxyl groups is 1. The van der Waals surface area contributed by atoms with Gasteiger partial charge in [0.15, 0.2) is 11.5 Å². The number of piperidine rings is 1. The molecule has 1 saturated heterocycles. The Hall–Kier alpha value is -3.43. The van der Waals surface area contributed by atoms with Crippen molar-refractivity contribution in [3.8, 4) is 11.5 Å². The lowest BCUT2D eigenvalue weighted by molar-refractivity contribution is -0.385. The summed E-state index contributed by atoms with van der Waals surface area (Å²) < 4.78 is 6.47. The van der Waals surface area contributed by atoms with Crippen molar-refractivity contribution < 1.29 is 24.7 Å². The fourth-order valence-electron chi connectivity index (χ4n) is 7.82. The molecule has 7 rings (SSSR count). The molecule has 3 fully saturated rings. The Morgan fingerprint density at radius 2 is 2.03 bits per heavy atom. The summed E-state index contributed by atoms with van der Waals surface area (Å²) in [5.74, 6) is 0.840. The molecular formula is C29H31N3O6. The van der Waals surface area contributed by atoms with Crippen molar-refractivity contribution in [2.24, 2.45) is 5.92 Å². The topological polar surface area (TPSA) is 125 Å². The summed E-state index contributed by atoms with van der Waals surface area (Å²) in [7, 11) is 0. The second-order valence-corrected chi connectivity index (χ2v) is 11.6. The fraction of sp³-hybridized carbons (Fsp3) is 0.483. The molecule has 9 heteroatoms. The zero-order valence-electron chi connectivity index (χ0n) is 21.0. The van der Waals surface area contributed by atoms with Crippen LogP contribution in [0.3, 0.4) is 0 Å². The SMILES string of the molecule is O=C(/C=C/c1ccccc1[N+](=O)[O-])N[C@@H]1CC[C@@]2(O)C3Cc4ccc(O)c5c4C2(CCN3CC2CC2)[C@H]1O5. The molecular weight excluding hydrogens is 486 g/mol. The number of phenolic OH excluding ortho intramolecular Hbond substituents is 1. The molecule has 2 saturated carbocycles. The second kappa shape index (κ2) is 8.28. The average molecular weight is 518 g/mol. The number of hydrogen-bond acceptors (Lipinski definition) is 7. The number of para-hydroxylation sites is 1. The zero-order chi connectivity index (χ0) is 26.2. The molecule has 3 aliphatic carbocycles. The molecule has 3 N–H and O–H groups in total. The first kappa shape index (κ1) is 23.7. The number of nitrogens with one attached hydrogen (secondary N) is 1. The van der Waals surface area contributed by atoms with E-state index in [2.05, 4.69) is 10.2 Å². The normalized spacial score (nSPS) is 33.0. The number of carbonyl (C=O) groups is 1. The Labute approximate surface area is 220 Å². The van der Waals surface area contributed by atoms with E-state index in [0.29, 0.717) is 36.5 Å². The fourth-order valence-corrected chi connectivity index (χ4v) is 7.82. The maximum absolute atomic E-state index is 13.0. The number of carbonyl (C=O) groups excluding carboxylic acids is 1. The van der Waals surface area contributed by atoms with Crippen molar-refractivity contribution in [3.63, 3.8) is 0 Å². The number of nitrogens with zero attached hydrogens (tertiary/aromatic N) is 2. The number of phenols is 1. The first-order valence-corrected chi connectivity index (χ1v) is 13.5. The summed E-state index contributed by atoms with van der Waals surface area (Å²) in [6.07, 6.45) is 7.22. The third kappa shape index (κ3) is 3.27. The van der Waals surface area contributed by atoms with Gasteiger partial charge in [0.2, 0.25) is 5.91 Å². The van der Waals surface area contributed by atoms with Crippen LogP contribution in [0.2, 0.25) is 0 Å². The third-order valence-corrected chi connectivity index (χ3v) is 9.64. The van der Waals surface area contributed by atoms with Crippen molar-refractivity contribution in [2.75, 3.05) is 13.1 Å². The van der Waals surface area contributed by atoms with Crippen molar-refractivity contribution in [2.45, 2.75) is 67.7 Å². The van der Waals surface area contributed by atoms with Gasteiger partial charge in [0, 0.05) is 30.3 Å². The van der Waals surface area contributed by atoms with Gasteiger partial charge in [-0.25, -0.2) is 0 Å². The molecule has 2 heterocycles. The number of ether oxygens (including phenoxy) is 1. The smallest absolute Gasteiger partial charge is 0.276 e. The predicted octanol–water partition coefficient (Wildman–Crippen LogP) is 3.06. The van der Waals surface area contributed by atoms with Crippen LogP contribution >= 0.6 is 0 Å². The molecule has 2 bridgehead atoms. The molecule has 2 aromatic rings. The minimum absolute atomic E-state index is 0.0267. The van der Waals surface area contributed by atoms with E-state index in [-0.39, 0.29) is 29.4 Å². The molecule has 2 aromatic carbocycles. The van der Waals surface area contributed by atoms with E-state index in [4.69, 9.17) is 4.74 Å². The van der Waals surface area contributed by atoms with Crippen molar-refractivity contribution in [1.29, 1.82) is 0 Å². The molecule has 2 aliphatic heterocycles. The standard InChI is InChI=1S/C29H31N3O6/c33-22-9-7-19-15-23-29(35)12-11-20(30-24(34)10-8-18-3-1-2-4-21(18)32(36)37)27-28(29,25(19)26(22)38-27)13-14-31(23)16-17-5-6-17/h1-4,7-10,17,20,23,27,33,35H,5-6,11-16H2,(H,30,34)/b10-8+/t20-,23?,27+,28?,29-/m1/s1. The number of nitro groups is 1. The van der Waals surface area contributed by atoms with Gasteiger partial charge in [-0.3, -0.25) is 19.8 Å². The summed E-state index contributed by atoms with van der Waals surface area (Å²) >= 11 is 0. The lowest BCUT2D eigenvalue weighted by Gasteiger charge is -2.64. The van der Waals surface area contributed by atoms with Crippen LogP contribution in [-0.2, 0) is 16.6 Å². The van der Waals surface area contributed by atoms with Gasteiger partial charge in [0.05, 0.1) is 27.5 Å². The maximum Gasteiger partial charge on any atom is 0.276 e. The maximum atomic E-state index is 13.0.